The number of amides is 2. The Kier molecular flexibility index (Phi) is 5.18. The smallest absolute Gasteiger partial charge is 0.267 e. The fraction of sp³-hybridized carbons (Fsp3) is 0.500. The van der Waals surface area contributed by atoms with Crippen molar-refractivity contribution in [3.63, 3.8) is 0 Å². The molecule has 1 aromatic heterocycles. The Morgan fingerprint density at radius 2 is 2.07 bits per heavy atom. The summed E-state index contributed by atoms with van der Waals surface area (Å²) >= 11 is 0. The summed E-state index contributed by atoms with van der Waals surface area (Å²) in [5.41, 5.74) is 0.937. The lowest BCUT2D eigenvalue weighted by Gasteiger charge is -2.31. The minimum absolute atomic E-state index is 0.0575. The molecule has 0 bridgehead atoms. The van der Waals surface area contributed by atoms with E-state index in [1.54, 1.807) is 7.11 Å². The van der Waals surface area contributed by atoms with E-state index in [2.05, 4.69) is 21.7 Å². The summed E-state index contributed by atoms with van der Waals surface area (Å²) in [7, 11) is 1.60. The third kappa shape index (κ3) is 4.07. The van der Waals surface area contributed by atoms with Gasteiger partial charge in [-0.1, -0.05) is 12.8 Å². The van der Waals surface area contributed by atoms with Gasteiger partial charge >= 0.3 is 0 Å². The summed E-state index contributed by atoms with van der Waals surface area (Å²) in [4.78, 5) is 28.7. The van der Waals surface area contributed by atoms with Gasteiger partial charge in [0.15, 0.2) is 0 Å². The summed E-state index contributed by atoms with van der Waals surface area (Å²) < 4.78 is 5.23. The van der Waals surface area contributed by atoms with Crippen LogP contribution in [0.25, 0.3) is 10.9 Å². The molecule has 0 unspecified atom stereocenters. The van der Waals surface area contributed by atoms with Crippen molar-refractivity contribution >= 4 is 22.7 Å². The van der Waals surface area contributed by atoms with Crippen LogP contribution in [0.15, 0.2) is 24.3 Å². The van der Waals surface area contributed by atoms with E-state index >= 15 is 0 Å². The molecule has 2 aliphatic rings. The zero-order valence-electron chi connectivity index (χ0n) is 16.6. The van der Waals surface area contributed by atoms with Crippen LogP contribution >= 0.6 is 0 Å². The van der Waals surface area contributed by atoms with E-state index in [0.29, 0.717) is 12.2 Å². The second kappa shape index (κ2) is 7.78. The van der Waals surface area contributed by atoms with E-state index < -0.39 is 0 Å². The van der Waals surface area contributed by atoms with E-state index in [0.717, 1.165) is 55.2 Å². The molecule has 3 N–H and O–H groups in total. The largest absolute Gasteiger partial charge is 0.497 e. The van der Waals surface area contributed by atoms with Crippen molar-refractivity contribution in [2.75, 3.05) is 13.7 Å². The molecule has 1 aromatic carbocycles. The Bertz CT molecular complexity index is 970. The number of nitrogens with one attached hydrogen (secondary N) is 3. The van der Waals surface area contributed by atoms with Gasteiger partial charge in [0.2, 0.25) is 5.91 Å². The van der Waals surface area contributed by atoms with Crippen LogP contribution in [0.1, 0.15) is 49.0 Å². The summed E-state index contributed by atoms with van der Waals surface area (Å²) in [5.74, 6) is 0.200. The monoisotopic (exact) mass is 394 g/mol. The zero-order chi connectivity index (χ0) is 20.4. The lowest BCUT2D eigenvalue weighted by Crippen LogP contribution is -2.49. The van der Waals surface area contributed by atoms with Gasteiger partial charge in [0, 0.05) is 29.6 Å². The van der Waals surface area contributed by atoms with E-state index in [1.807, 2.05) is 24.3 Å². The van der Waals surface area contributed by atoms with Crippen LogP contribution in [0.4, 0.5) is 0 Å². The number of benzene rings is 1. The average molecular weight is 394 g/mol. The van der Waals surface area contributed by atoms with Crippen molar-refractivity contribution < 1.29 is 14.3 Å². The predicted molar refractivity (Wildman–Crippen MR) is 108 cm³/mol. The van der Waals surface area contributed by atoms with Gasteiger partial charge in [-0.2, -0.15) is 5.26 Å². The molecule has 7 nitrogen and oxygen atoms in total. The van der Waals surface area contributed by atoms with Crippen molar-refractivity contribution in [1.29, 1.82) is 5.26 Å². The third-order valence-corrected chi connectivity index (χ3v) is 6.19. The van der Waals surface area contributed by atoms with Gasteiger partial charge in [-0.05, 0) is 43.9 Å². The highest BCUT2D eigenvalue weighted by Crippen LogP contribution is 2.44. The number of ether oxygens (including phenoxy) is 1. The first-order chi connectivity index (χ1) is 14.0. The molecule has 2 fully saturated rings. The number of aromatic nitrogens is 1. The Hall–Kier alpha value is -3.01. The van der Waals surface area contributed by atoms with Crippen LogP contribution in [0.5, 0.6) is 5.75 Å². The molecule has 4 rings (SSSR count). The Labute approximate surface area is 169 Å². The Morgan fingerprint density at radius 3 is 2.79 bits per heavy atom. The van der Waals surface area contributed by atoms with Crippen molar-refractivity contribution in [1.82, 2.24) is 15.6 Å². The molecule has 2 aromatic rings. The number of carbonyl (C=O) groups excluding carboxylic acids is 2. The maximum atomic E-state index is 12.8. The van der Waals surface area contributed by atoms with Gasteiger partial charge in [0.1, 0.15) is 11.4 Å². The molecule has 29 heavy (non-hydrogen) atoms. The van der Waals surface area contributed by atoms with Crippen LogP contribution in [0.2, 0.25) is 0 Å². The Balaban J connectivity index is 1.42. The number of hydrogen-bond donors (Lipinski definition) is 3. The summed E-state index contributed by atoms with van der Waals surface area (Å²) in [5, 5.41) is 16.1. The van der Waals surface area contributed by atoms with Crippen LogP contribution < -0.4 is 15.4 Å². The van der Waals surface area contributed by atoms with Crippen LogP contribution in [0, 0.1) is 22.7 Å². The SMILES string of the molecule is COc1ccc2cc(C(=O)N[C@H]3CCCC[C@H]3C(=O)NCC3(C#N)CC3)[nH]c2c1. The Morgan fingerprint density at radius 1 is 1.28 bits per heavy atom. The molecular formula is C22H26N4O3. The van der Waals surface area contributed by atoms with Crippen molar-refractivity contribution in [2.45, 2.75) is 44.6 Å². The molecule has 2 saturated carbocycles. The van der Waals surface area contributed by atoms with Gasteiger partial charge in [0.05, 0.1) is 24.5 Å². The highest BCUT2D eigenvalue weighted by molar-refractivity contribution is 5.98. The zero-order valence-corrected chi connectivity index (χ0v) is 16.6. The molecule has 152 valence electrons. The minimum Gasteiger partial charge on any atom is -0.497 e. The number of fused-ring (bicyclic) bond motifs is 1. The van der Waals surface area contributed by atoms with Crippen molar-refractivity contribution in [2.24, 2.45) is 11.3 Å². The molecule has 2 aliphatic carbocycles. The number of nitriles is 1. The van der Waals surface area contributed by atoms with Crippen LogP contribution in [-0.2, 0) is 4.79 Å². The number of rotatable bonds is 6. The fourth-order valence-electron chi connectivity index (χ4n) is 4.09. The first kappa shape index (κ1) is 19.3. The minimum atomic E-state index is -0.367. The molecule has 7 heteroatoms. The van der Waals surface area contributed by atoms with E-state index in [4.69, 9.17) is 4.74 Å². The van der Waals surface area contributed by atoms with Gasteiger partial charge < -0.3 is 20.4 Å². The highest BCUT2D eigenvalue weighted by atomic mass is 16.5. The molecule has 0 spiro atoms. The van der Waals surface area contributed by atoms with E-state index in [1.165, 1.54) is 0 Å². The summed E-state index contributed by atoms with van der Waals surface area (Å²) in [6.45, 7) is 0.406. The maximum absolute atomic E-state index is 12.8. The molecule has 0 radical (unpaired) electrons. The molecule has 2 atom stereocenters. The summed E-state index contributed by atoms with van der Waals surface area (Å²) in [6.07, 6.45) is 5.18. The molecular weight excluding hydrogens is 368 g/mol. The predicted octanol–water partition coefficient (Wildman–Crippen LogP) is 2.89. The van der Waals surface area contributed by atoms with Crippen LogP contribution in [0.3, 0.4) is 0 Å². The van der Waals surface area contributed by atoms with Gasteiger partial charge in [-0.3, -0.25) is 9.59 Å². The second-order valence-electron chi connectivity index (χ2n) is 8.22. The normalized spacial score (nSPS) is 22.5. The third-order valence-electron chi connectivity index (χ3n) is 6.19. The fourth-order valence-corrected chi connectivity index (χ4v) is 4.09. The first-order valence-electron chi connectivity index (χ1n) is 10.2. The van der Waals surface area contributed by atoms with Gasteiger partial charge in [-0.15, -0.1) is 0 Å². The standard InChI is InChI=1S/C22H26N4O3/c1-29-15-7-6-14-10-19(25-18(14)11-15)21(28)26-17-5-3-2-4-16(17)20(27)24-13-22(12-23)8-9-22/h6-7,10-11,16-17,25H,2-5,8-9,13H2,1H3,(H,24,27)(H,26,28)/t16-,17+/m1/s1. The van der Waals surface area contributed by atoms with E-state index in [-0.39, 0.29) is 29.2 Å². The van der Waals surface area contributed by atoms with Crippen molar-refractivity contribution in [3.8, 4) is 11.8 Å². The molecule has 1 heterocycles. The first-order valence-corrected chi connectivity index (χ1v) is 10.2. The quantitative estimate of drug-likeness (QED) is 0.700. The number of nitrogens with zero attached hydrogens (tertiary/aromatic N) is 1. The average Bonchev–Trinajstić information content (AvgIpc) is 3.41. The maximum Gasteiger partial charge on any atom is 0.267 e. The lowest BCUT2D eigenvalue weighted by atomic mass is 9.83. The molecule has 2 amide bonds. The number of hydrogen-bond acceptors (Lipinski definition) is 4. The number of aromatic amines is 1. The van der Waals surface area contributed by atoms with E-state index in [9.17, 15) is 14.9 Å². The second-order valence-corrected chi connectivity index (χ2v) is 8.22. The van der Waals surface area contributed by atoms with Gasteiger partial charge in [0.25, 0.3) is 5.91 Å². The molecule has 0 aliphatic heterocycles. The van der Waals surface area contributed by atoms with Crippen LogP contribution in [-0.4, -0.2) is 36.5 Å². The van der Waals surface area contributed by atoms with Gasteiger partial charge in [-0.25, -0.2) is 0 Å². The number of H-pyrrole nitrogens is 1. The number of methoxy groups -OCH3 is 1. The topological polar surface area (TPSA) is 107 Å². The summed E-state index contributed by atoms with van der Waals surface area (Å²) in [6, 6.07) is 9.52. The highest BCUT2D eigenvalue weighted by Gasteiger charge is 2.44. The molecule has 0 saturated heterocycles. The van der Waals surface area contributed by atoms with Crippen molar-refractivity contribution in [3.05, 3.63) is 30.0 Å². The lowest BCUT2D eigenvalue weighted by molar-refractivity contribution is -0.126. The number of carbonyl (C=O) groups is 2.